The molecule has 2 aromatic carbocycles. The predicted octanol–water partition coefficient (Wildman–Crippen LogP) is 1.23. The Morgan fingerprint density at radius 3 is 2.44 bits per heavy atom. The molecule has 0 spiro atoms. The van der Waals surface area contributed by atoms with Gasteiger partial charge in [0.15, 0.2) is 9.84 Å². The maximum absolute atomic E-state index is 12.4. The van der Waals surface area contributed by atoms with Crippen LogP contribution < -0.4 is 5.32 Å². The Morgan fingerprint density at radius 1 is 1.19 bits per heavy atom. The van der Waals surface area contributed by atoms with Gasteiger partial charge in [-0.05, 0) is 40.8 Å². The third-order valence-corrected chi connectivity index (χ3v) is 4.62. The molecule has 0 aliphatic heterocycles. The third-order valence-electron chi connectivity index (χ3n) is 3.53. The molecule has 0 aliphatic rings. The molecule has 0 saturated heterocycles. The van der Waals surface area contributed by atoms with Crippen LogP contribution in [0.3, 0.4) is 0 Å². The van der Waals surface area contributed by atoms with Gasteiger partial charge in [0.25, 0.3) is 11.6 Å². The van der Waals surface area contributed by atoms with E-state index < -0.39 is 26.4 Å². The van der Waals surface area contributed by atoms with Crippen molar-refractivity contribution in [1.82, 2.24) is 20.2 Å². The summed E-state index contributed by atoms with van der Waals surface area (Å²) in [5.74, 6) is -0.682. The van der Waals surface area contributed by atoms with Gasteiger partial charge in [-0.25, -0.2) is 13.1 Å². The number of amides is 1. The lowest BCUT2D eigenvalue weighted by molar-refractivity contribution is -0.385. The topological polar surface area (TPSA) is 150 Å². The molecule has 1 aromatic heterocycles. The molecule has 0 atom stereocenters. The average Bonchev–Trinajstić information content (AvgIpc) is 3.16. The highest BCUT2D eigenvalue weighted by Gasteiger charge is 2.19. The van der Waals surface area contributed by atoms with E-state index in [-0.39, 0.29) is 10.5 Å². The average molecular weight is 388 g/mol. The van der Waals surface area contributed by atoms with Gasteiger partial charge in [-0.15, -0.1) is 5.10 Å². The normalized spacial score (nSPS) is 11.1. The maximum Gasteiger partial charge on any atom is 0.271 e. The number of hydrogen-bond donors (Lipinski definition) is 1. The zero-order chi connectivity index (χ0) is 19.6. The number of sulfone groups is 1. The van der Waals surface area contributed by atoms with E-state index in [4.69, 9.17) is 0 Å². The van der Waals surface area contributed by atoms with Gasteiger partial charge >= 0.3 is 0 Å². The zero-order valence-electron chi connectivity index (χ0n) is 13.8. The number of non-ortho nitro benzene ring substituents is 1. The summed E-state index contributed by atoms with van der Waals surface area (Å²) >= 11 is 0. The van der Waals surface area contributed by atoms with Gasteiger partial charge in [-0.2, -0.15) is 0 Å². The van der Waals surface area contributed by atoms with Crippen molar-refractivity contribution >= 4 is 27.1 Å². The Kier molecular flexibility index (Phi) is 4.64. The first-order chi connectivity index (χ1) is 12.7. The summed E-state index contributed by atoms with van der Waals surface area (Å²) in [4.78, 5) is 22.4. The molecule has 1 amide bonds. The molecule has 0 bridgehead atoms. The van der Waals surface area contributed by atoms with E-state index in [2.05, 4.69) is 20.8 Å². The summed E-state index contributed by atoms with van der Waals surface area (Å²) in [5, 5.41) is 24.3. The van der Waals surface area contributed by atoms with Crippen LogP contribution in [0.2, 0.25) is 0 Å². The molecule has 0 aliphatic carbocycles. The van der Waals surface area contributed by atoms with Gasteiger partial charge in [0.2, 0.25) is 0 Å². The van der Waals surface area contributed by atoms with Crippen LogP contribution in [-0.2, 0) is 9.84 Å². The molecule has 138 valence electrons. The van der Waals surface area contributed by atoms with E-state index in [1.807, 2.05) is 0 Å². The Balaban J connectivity index is 1.87. The van der Waals surface area contributed by atoms with Crippen LogP contribution in [0.1, 0.15) is 10.4 Å². The minimum absolute atomic E-state index is 0.144. The standard InChI is InChI=1S/C15H12N6O5S/c1-27(25,26)14-7-10(6-13(8-14)21(23)24)15(22)17-11-2-4-12(5-3-11)20-9-16-18-19-20/h2-9H,1H3,(H,17,22). The van der Waals surface area contributed by atoms with Crippen LogP contribution in [0.15, 0.2) is 53.7 Å². The number of nitro benzene ring substituents is 1. The van der Waals surface area contributed by atoms with Crippen molar-refractivity contribution in [3.63, 3.8) is 0 Å². The minimum atomic E-state index is -3.72. The van der Waals surface area contributed by atoms with Crippen molar-refractivity contribution in [2.45, 2.75) is 4.90 Å². The fourth-order valence-electron chi connectivity index (χ4n) is 2.21. The second-order valence-electron chi connectivity index (χ2n) is 5.50. The molecule has 0 fully saturated rings. The molecule has 0 unspecified atom stereocenters. The Labute approximate surface area is 152 Å². The molecule has 12 heteroatoms. The number of nitrogens with one attached hydrogen (secondary N) is 1. The van der Waals surface area contributed by atoms with Crippen molar-refractivity contribution in [2.75, 3.05) is 11.6 Å². The highest BCUT2D eigenvalue weighted by molar-refractivity contribution is 7.90. The molecular weight excluding hydrogens is 376 g/mol. The van der Waals surface area contributed by atoms with E-state index >= 15 is 0 Å². The van der Waals surface area contributed by atoms with Crippen LogP contribution in [0.5, 0.6) is 0 Å². The molecule has 11 nitrogen and oxygen atoms in total. The van der Waals surface area contributed by atoms with E-state index in [1.165, 1.54) is 11.0 Å². The van der Waals surface area contributed by atoms with Gasteiger partial charge in [-0.3, -0.25) is 14.9 Å². The van der Waals surface area contributed by atoms with E-state index in [1.54, 1.807) is 24.3 Å². The zero-order valence-corrected chi connectivity index (χ0v) is 14.6. The summed E-state index contributed by atoms with van der Waals surface area (Å²) < 4.78 is 24.9. The number of hydrogen-bond acceptors (Lipinski definition) is 8. The van der Waals surface area contributed by atoms with Crippen LogP contribution in [0.4, 0.5) is 11.4 Å². The first kappa shape index (κ1) is 18.1. The minimum Gasteiger partial charge on any atom is -0.322 e. The molecule has 1 heterocycles. The fraction of sp³-hybridized carbons (Fsp3) is 0.0667. The van der Waals surface area contributed by atoms with Gasteiger partial charge in [0, 0.05) is 29.6 Å². The molecule has 0 saturated carbocycles. The van der Waals surface area contributed by atoms with Crippen molar-refractivity contribution < 1.29 is 18.1 Å². The number of aromatic nitrogens is 4. The Morgan fingerprint density at radius 2 is 1.89 bits per heavy atom. The molecule has 3 rings (SSSR count). The largest absolute Gasteiger partial charge is 0.322 e. The summed E-state index contributed by atoms with van der Waals surface area (Å²) in [7, 11) is -3.72. The molecule has 27 heavy (non-hydrogen) atoms. The van der Waals surface area contributed by atoms with Crippen LogP contribution >= 0.6 is 0 Å². The number of rotatable bonds is 5. The van der Waals surface area contributed by atoms with Gasteiger partial charge in [0.05, 0.1) is 15.5 Å². The number of nitrogens with zero attached hydrogens (tertiary/aromatic N) is 5. The Bertz CT molecular complexity index is 1110. The predicted molar refractivity (Wildman–Crippen MR) is 93.3 cm³/mol. The van der Waals surface area contributed by atoms with Crippen molar-refractivity contribution in [3.05, 3.63) is 64.5 Å². The number of benzene rings is 2. The van der Waals surface area contributed by atoms with E-state index in [9.17, 15) is 23.3 Å². The van der Waals surface area contributed by atoms with Gasteiger partial charge < -0.3 is 5.32 Å². The van der Waals surface area contributed by atoms with Crippen LogP contribution in [0.25, 0.3) is 5.69 Å². The van der Waals surface area contributed by atoms with Crippen molar-refractivity contribution in [3.8, 4) is 5.69 Å². The van der Waals surface area contributed by atoms with Gasteiger partial charge in [-0.1, -0.05) is 0 Å². The molecule has 1 N–H and O–H groups in total. The number of tetrazole rings is 1. The summed E-state index contributed by atoms with van der Waals surface area (Å²) in [5.41, 5.74) is 0.434. The monoisotopic (exact) mass is 388 g/mol. The van der Waals surface area contributed by atoms with Crippen molar-refractivity contribution in [1.29, 1.82) is 0 Å². The summed E-state index contributed by atoms with van der Waals surface area (Å²) in [6.07, 6.45) is 2.31. The second-order valence-corrected chi connectivity index (χ2v) is 7.52. The number of nitro groups is 1. The van der Waals surface area contributed by atoms with E-state index in [0.717, 1.165) is 24.5 Å². The highest BCUT2D eigenvalue weighted by Crippen LogP contribution is 2.22. The summed E-state index contributed by atoms with van der Waals surface area (Å²) in [6.45, 7) is 0. The number of carbonyl (C=O) groups is 1. The Hall–Kier alpha value is -3.67. The lowest BCUT2D eigenvalue weighted by Crippen LogP contribution is -2.13. The lowest BCUT2D eigenvalue weighted by Gasteiger charge is -2.08. The van der Waals surface area contributed by atoms with Crippen molar-refractivity contribution in [2.24, 2.45) is 0 Å². The first-order valence-electron chi connectivity index (χ1n) is 7.38. The highest BCUT2D eigenvalue weighted by atomic mass is 32.2. The van der Waals surface area contributed by atoms with Gasteiger partial charge in [0.1, 0.15) is 6.33 Å². The quantitative estimate of drug-likeness (QED) is 0.506. The SMILES string of the molecule is CS(=O)(=O)c1cc(C(=O)Nc2ccc(-n3cnnn3)cc2)cc([N+](=O)[O-])c1. The second kappa shape index (κ2) is 6.92. The number of anilines is 1. The van der Waals surface area contributed by atoms with Crippen LogP contribution in [0, 0.1) is 10.1 Å². The van der Waals surface area contributed by atoms with E-state index in [0.29, 0.717) is 11.4 Å². The maximum atomic E-state index is 12.4. The molecule has 3 aromatic rings. The number of carbonyl (C=O) groups excluding carboxylic acids is 1. The summed E-state index contributed by atoms with van der Waals surface area (Å²) in [6, 6.07) is 9.50. The molecule has 0 radical (unpaired) electrons. The molecular formula is C15H12N6O5S. The first-order valence-corrected chi connectivity index (χ1v) is 9.27. The smallest absolute Gasteiger partial charge is 0.271 e. The third kappa shape index (κ3) is 4.12. The van der Waals surface area contributed by atoms with Crippen LogP contribution in [-0.4, -0.2) is 45.7 Å². The fourth-order valence-corrected chi connectivity index (χ4v) is 2.89. The lowest BCUT2D eigenvalue weighted by atomic mass is 10.2.